The Hall–Kier alpha value is -2.22. The largest absolute Gasteiger partial charge is 0.339 e. The molecule has 0 saturated carbocycles. The molecule has 29 heavy (non-hydrogen) atoms. The highest BCUT2D eigenvalue weighted by Crippen LogP contribution is 2.21. The molecule has 0 radical (unpaired) electrons. The maximum absolute atomic E-state index is 13.1. The number of carbonyl (C=O) groups excluding carboxylic acids is 1. The normalized spacial score (nSPS) is 18.8. The lowest BCUT2D eigenvalue weighted by Gasteiger charge is -2.34. The van der Waals surface area contributed by atoms with Crippen molar-refractivity contribution in [2.75, 3.05) is 39.3 Å². The summed E-state index contributed by atoms with van der Waals surface area (Å²) in [6, 6.07) is 16.7. The van der Waals surface area contributed by atoms with Crippen LogP contribution in [0, 0.1) is 0 Å². The van der Waals surface area contributed by atoms with E-state index in [1.807, 2.05) is 18.2 Å². The summed E-state index contributed by atoms with van der Waals surface area (Å²) >= 11 is 0. The van der Waals surface area contributed by atoms with Crippen molar-refractivity contribution >= 4 is 15.9 Å². The molecule has 7 heteroatoms. The summed E-state index contributed by atoms with van der Waals surface area (Å²) < 4.78 is 27.8. The molecule has 2 heterocycles. The third-order valence-electron chi connectivity index (χ3n) is 5.69. The van der Waals surface area contributed by atoms with E-state index in [9.17, 15) is 13.2 Å². The molecule has 0 spiro atoms. The maximum Gasteiger partial charge on any atom is 0.253 e. The van der Waals surface area contributed by atoms with Crippen LogP contribution in [-0.4, -0.2) is 67.7 Å². The van der Waals surface area contributed by atoms with Gasteiger partial charge in [0, 0.05) is 51.4 Å². The van der Waals surface area contributed by atoms with Gasteiger partial charge in [-0.25, -0.2) is 8.42 Å². The summed E-state index contributed by atoms with van der Waals surface area (Å²) in [5, 5.41) is 0. The third-order valence-corrected chi connectivity index (χ3v) is 7.59. The van der Waals surface area contributed by atoms with Crippen molar-refractivity contribution in [1.82, 2.24) is 14.1 Å². The molecule has 2 saturated heterocycles. The first kappa shape index (κ1) is 20.1. The minimum absolute atomic E-state index is 0.0766. The average molecular weight is 414 g/mol. The van der Waals surface area contributed by atoms with Crippen molar-refractivity contribution in [2.45, 2.75) is 24.3 Å². The molecule has 0 bridgehead atoms. The zero-order valence-corrected chi connectivity index (χ0v) is 17.4. The van der Waals surface area contributed by atoms with Crippen LogP contribution in [0.15, 0.2) is 59.5 Å². The van der Waals surface area contributed by atoms with Gasteiger partial charge in [0.15, 0.2) is 0 Å². The SMILES string of the molecule is O=C(c1cccc(S(=O)(=O)N2CCN(Cc3ccccc3)CC2)c1)N1CCCC1. The van der Waals surface area contributed by atoms with E-state index in [-0.39, 0.29) is 10.8 Å². The van der Waals surface area contributed by atoms with E-state index >= 15 is 0 Å². The molecule has 0 unspecified atom stereocenters. The lowest BCUT2D eigenvalue weighted by atomic mass is 10.2. The third kappa shape index (κ3) is 4.52. The van der Waals surface area contributed by atoms with Crippen LogP contribution >= 0.6 is 0 Å². The van der Waals surface area contributed by atoms with Crippen LogP contribution in [0.2, 0.25) is 0 Å². The van der Waals surface area contributed by atoms with Crippen LogP contribution in [0.4, 0.5) is 0 Å². The molecule has 4 rings (SSSR count). The lowest BCUT2D eigenvalue weighted by Crippen LogP contribution is -2.48. The van der Waals surface area contributed by atoms with E-state index in [2.05, 4.69) is 17.0 Å². The van der Waals surface area contributed by atoms with E-state index in [1.165, 1.54) is 15.9 Å². The molecular formula is C22H27N3O3S. The Kier molecular flexibility index (Phi) is 5.99. The fourth-order valence-electron chi connectivity index (χ4n) is 4.01. The Labute approximate surface area is 172 Å². The molecule has 1 amide bonds. The molecule has 0 aromatic heterocycles. The molecule has 0 atom stereocenters. The highest BCUT2D eigenvalue weighted by molar-refractivity contribution is 7.89. The molecule has 2 aliphatic heterocycles. The van der Waals surface area contributed by atoms with Gasteiger partial charge >= 0.3 is 0 Å². The standard InChI is InChI=1S/C22H27N3O3S/c26-22(24-11-4-5-12-24)20-9-6-10-21(17-20)29(27,28)25-15-13-23(14-16-25)18-19-7-2-1-3-8-19/h1-3,6-10,17H,4-5,11-16,18H2. The number of likely N-dealkylation sites (tertiary alicyclic amines) is 1. The number of piperazine rings is 1. The highest BCUT2D eigenvalue weighted by Gasteiger charge is 2.29. The van der Waals surface area contributed by atoms with Gasteiger partial charge in [-0.15, -0.1) is 0 Å². The van der Waals surface area contributed by atoms with E-state index in [4.69, 9.17) is 0 Å². The Morgan fingerprint density at radius 1 is 0.828 bits per heavy atom. The number of rotatable bonds is 5. The fourth-order valence-corrected chi connectivity index (χ4v) is 5.48. The average Bonchev–Trinajstić information content (AvgIpc) is 3.29. The fraction of sp³-hybridized carbons (Fsp3) is 0.409. The molecule has 2 aliphatic rings. The second-order valence-corrected chi connectivity index (χ2v) is 9.63. The topological polar surface area (TPSA) is 60.9 Å². The zero-order valence-electron chi connectivity index (χ0n) is 16.5. The molecule has 0 aliphatic carbocycles. The van der Waals surface area contributed by atoms with Crippen LogP contribution < -0.4 is 0 Å². The van der Waals surface area contributed by atoms with Crippen LogP contribution in [0.25, 0.3) is 0 Å². The highest BCUT2D eigenvalue weighted by atomic mass is 32.2. The Morgan fingerprint density at radius 2 is 1.52 bits per heavy atom. The molecule has 2 aromatic carbocycles. The van der Waals surface area contributed by atoms with Gasteiger partial charge in [0.25, 0.3) is 5.91 Å². The van der Waals surface area contributed by atoms with E-state index in [1.54, 1.807) is 23.1 Å². The maximum atomic E-state index is 13.1. The monoisotopic (exact) mass is 413 g/mol. The van der Waals surface area contributed by atoms with Gasteiger partial charge in [0.2, 0.25) is 10.0 Å². The minimum Gasteiger partial charge on any atom is -0.339 e. The molecule has 154 valence electrons. The second-order valence-electron chi connectivity index (χ2n) is 7.69. The van der Waals surface area contributed by atoms with Gasteiger partial charge in [-0.3, -0.25) is 9.69 Å². The van der Waals surface area contributed by atoms with Crippen molar-refractivity contribution < 1.29 is 13.2 Å². The predicted octanol–water partition coefficient (Wildman–Crippen LogP) is 2.43. The van der Waals surface area contributed by atoms with Gasteiger partial charge in [-0.1, -0.05) is 36.4 Å². The Balaban J connectivity index is 1.42. The van der Waals surface area contributed by atoms with E-state index in [0.717, 1.165) is 32.5 Å². The van der Waals surface area contributed by atoms with Crippen LogP contribution in [0.3, 0.4) is 0 Å². The summed E-state index contributed by atoms with van der Waals surface area (Å²) in [5.74, 6) is -0.0766. The smallest absolute Gasteiger partial charge is 0.253 e. The quantitative estimate of drug-likeness (QED) is 0.755. The van der Waals surface area contributed by atoms with Gasteiger partial charge in [0.1, 0.15) is 0 Å². The molecule has 0 N–H and O–H groups in total. The van der Waals surface area contributed by atoms with Crippen molar-refractivity contribution in [3.8, 4) is 0 Å². The number of sulfonamides is 1. The number of hydrogen-bond donors (Lipinski definition) is 0. The van der Waals surface area contributed by atoms with E-state index in [0.29, 0.717) is 31.7 Å². The van der Waals surface area contributed by atoms with Gasteiger partial charge in [0.05, 0.1) is 4.90 Å². The second kappa shape index (κ2) is 8.65. The number of nitrogens with zero attached hydrogens (tertiary/aromatic N) is 3. The van der Waals surface area contributed by atoms with Gasteiger partial charge in [-0.05, 0) is 36.6 Å². The summed E-state index contributed by atoms with van der Waals surface area (Å²) in [4.78, 5) is 16.9. The van der Waals surface area contributed by atoms with Crippen LogP contribution in [-0.2, 0) is 16.6 Å². The zero-order chi connectivity index (χ0) is 20.3. The first-order valence-corrected chi connectivity index (χ1v) is 11.6. The Bertz CT molecular complexity index is 948. The van der Waals surface area contributed by atoms with Crippen molar-refractivity contribution in [1.29, 1.82) is 0 Å². The molecular weight excluding hydrogens is 386 g/mol. The van der Waals surface area contributed by atoms with Crippen molar-refractivity contribution in [3.05, 3.63) is 65.7 Å². The van der Waals surface area contributed by atoms with E-state index < -0.39 is 10.0 Å². The molecule has 2 fully saturated rings. The number of amides is 1. The number of carbonyl (C=O) groups is 1. The summed E-state index contributed by atoms with van der Waals surface area (Å²) in [6.07, 6.45) is 2.02. The van der Waals surface area contributed by atoms with Crippen molar-refractivity contribution in [3.63, 3.8) is 0 Å². The lowest BCUT2D eigenvalue weighted by molar-refractivity contribution is 0.0792. The summed E-state index contributed by atoms with van der Waals surface area (Å²) in [6.45, 7) is 4.63. The summed E-state index contributed by atoms with van der Waals surface area (Å²) in [7, 11) is -3.60. The Morgan fingerprint density at radius 3 is 2.21 bits per heavy atom. The minimum atomic E-state index is -3.60. The first-order valence-electron chi connectivity index (χ1n) is 10.2. The first-order chi connectivity index (χ1) is 14.0. The molecule has 6 nitrogen and oxygen atoms in total. The van der Waals surface area contributed by atoms with Crippen LogP contribution in [0.5, 0.6) is 0 Å². The van der Waals surface area contributed by atoms with Gasteiger partial charge < -0.3 is 4.90 Å². The van der Waals surface area contributed by atoms with Gasteiger partial charge in [-0.2, -0.15) is 4.31 Å². The van der Waals surface area contributed by atoms with Crippen molar-refractivity contribution in [2.24, 2.45) is 0 Å². The number of benzene rings is 2. The van der Waals surface area contributed by atoms with Crippen LogP contribution in [0.1, 0.15) is 28.8 Å². The number of hydrogen-bond acceptors (Lipinski definition) is 4. The molecule has 2 aromatic rings. The summed E-state index contributed by atoms with van der Waals surface area (Å²) in [5.41, 5.74) is 1.69. The predicted molar refractivity (Wildman–Crippen MR) is 112 cm³/mol.